The quantitative estimate of drug-likeness (QED) is 0.536. The van der Waals surface area contributed by atoms with Gasteiger partial charge in [-0.3, -0.25) is 13.9 Å². The molecule has 1 aromatic carbocycles. The van der Waals surface area contributed by atoms with Crippen molar-refractivity contribution >= 4 is 34.9 Å². The van der Waals surface area contributed by atoms with Crippen LogP contribution in [0.15, 0.2) is 39.0 Å². The Balaban J connectivity index is 2.07. The molecule has 0 aliphatic heterocycles. The fraction of sp³-hybridized carbons (Fsp3) is 0.333. The zero-order valence-corrected chi connectivity index (χ0v) is 16.4. The number of hydrazone groups is 1. The summed E-state index contributed by atoms with van der Waals surface area (Å²) in [4.78, 5) is 29.3. The first-order valence-electron chi connectivity index (χ1n) is 8.50. The summed E-state index contributed by atoms with van der Waals surface area (Å²) in [6.07, 6.45) is 1.63. The summed E-state index contributed by atoms with van der Waals surface area (Å²) in [7, 11) is 3.06. The van der Waals surface area contributed by atoms with Gasteiger partial charge in [0.1, 0.15) is 0 Å². The van der Waals surface area contributed by atoms with E-state index in [1.54, 1.807) is 30.0 Å². The van der Waals surface area contributed by atoms with Crippen molar-refractivity contribution in [3.05, 3.63) is 55.7 Å². The van der Waals surface area contributed by atoms with Crippen LogP contribution in [0.2, 0.25) is 5.02 Å². The number of hydrogen-bond acceptors (Lipinski definition) is 5. The lowest BCUT2D eigenvalue weighted by atomic mass is 10.2. The van der Waals surface area contributed by atoms with Crippen molar-refractivity contribution in [2.24, 2.45) is 25.1 Å². The standard InChI is InChI=1S/C18H21ClN6O2/c1-11(2)10-25-14-15(23(3)18(27)24(4)16(14)26)21-17(25)22-20-9-12-5-7-13(19)8-6-12/h5-9,11H,10H2,1-4H3,(H,21,22). The summed E-state index contributed by atoms with van der Waals surface area (Å²) < 4.78 is 4.21. The van der Waals surface area contributed by atoms with E-state index in [0.29, 0.717) is 28.7 Å². The molecule has 0 radical (unpaired) electrons. The Morgan fingerprint density at radius 1 is 1.19 bits per heavy atom. The normalized spacial score (nSPS) is 11.8. The zero-order chi connectivity index (χ0) is 19.7. The van der Waals surface area contributed by atoms with Crippen LogP contribution in [0.25, 0.3) is 11.2 Å². The molecule has 0 saturated carbocycles. The number of fused-ring (bicyclic) bond motifs is 1. The molecule has 0 aliphatic carbocycles. The van der Waals surface area contributed by atoms with E-state index in [4.69, 9.17) is 11.6 Å². The maximum atomic E-state index is 12.7. The van der Waals surface area contributed by atoms with Gasteiger partial charge in [0.25, 0.3) is 5.56 Å². The fourth-order valence-corrected chi connectivity index (χ4v) is 2.91. The van der Waals surface area contributed by atoms with Crippen molar-refractivity contribution < 1.29 is 0 Å². The monoisotopic (exact) mass is 388 g/mol. The molecule has 0 spiro atoms. The number of rotatable bonds is 5. The first-order valence-corrected chi connectivity index (χ1v) is 8.88. The Bertz CT molecular complexity index is 1120. The summed E-state index contributed by atoms with van der Waals surface area (Å²) in [6, 6.07) is 7.22. The molecule has 0 atom stereocenters. The number of aryl methyl sites for hydroxylation is 1. The summed E-state index contributed by atoms with van der Waals surface area (Å²) in [5.74, 6) is 0.673. The minimum Gasteiger partial charge on any atom is -0.303 e. The van der Waals surface area contributed by atoms with Gasteiger partial charge in [-0.1, -0.05) is 37.6 Å². The Labute approximate surface area is 160 Å². The minimum atomic E-state index is -0.419. The molecule has 0 fully saturated rings. The van der Waals surface area contributed by atoms with Gasteiger partial charge >= 0.3 is 5.69 Å². The second-order valence-electron chi connectivity index (χ2n) is 6.74. The van der Waals surface area contributed by atoms with Crippen LogP contribution >= 0.6 is 11.6 Å². The van der Waals surface area contributed by atoms with Gasteiger partial charge < -0.3 is 4.57 Å². The van der Waals surface area contributed by atoms with E-state index < -0.39 is 5.69 Å². The Hall–Kier alpha value is -2.87. The lowest BCUT2D eigenvalue weighted by molar-refractivity contribution is 0.534. The van der Waals surface area contributed by atoms with Crippen LogP contribution in [0, 0.1) is 5.92 Å². The molecule has 3 rings (SSSR count). The molecule has 0 bridgehead atoms. The molecule has 0 amide bonds. The topological polar surface area (TPSA) is 86.2 Å². The van der Waals surface area contributed by atoms with Gasteiger partial charge in [0.2, 0.25) is 5.95 Å². The maximum Gasteiger partial charge on any atom is 0.332 e. The number of imidazole rings is 1. The first-order chi connectivity index (χ1) is 12.8. The number of aromatic nitrogens is 4. The summed E-state index contributed by atoms with van der Waals surface area (Å²) in [5.41, 5.74) is 3.65. The van der Waals surface area contributed by atoms with Gasteiger partial charge in [0, 0.05) is 25.7 Å². The van der Waals surface area contributed by atoms with E-state index in [1.807, 2.05) is 26.0 Å². The number of nitrogens with zero attached hydrogens (tertiary/aromatic N) is 5. The van der Waals surface area contributed by atoms with Crippen molar-refractivity contribution in [3.63, 3.8) is 0 Å². The number of benzene rings is 1. The van der Waals surface area contributed by atoms with Crippen LogP contribution in [0.1, 0.15) is 19.4 Å². The Morgan fingerprint density at radius 3 is 2.48 bits per heavy atom. The molecule has 0 aliphatic rings. The first kappa shape index (κ1) is 18.9. The smallest absolute Gasteiger partial charge is 0.303 e. The van der Waals surface area contributed by atoms with E-state index in [0.717, 1.165) is 10.1 Å². The predicted molar refractivity (Wildman–Crippen MR) is 108 cm³/mol. The van der Waals surface area contributed by atoms with Crippen LogP contribution in [-0.4, -0.2) is 24.9 Å². The van der Waals surface area contributed by atoms with Crippen LogP contribution in [0.4, 0.5) is 5.95 Å². The number of halogens is 1. The third-order valence-electron chi connectivity index (χ3n) is 4.14. The lowest BCUT2D eigenvalue weighted by Crippen LogP contribution is -2.37. The molecular weight excluding hydrogens is 368 g/mol. The second kappa shape index (κ2) is 7.40. The van der Waals surface area contributed by atoms with Gasteiger partial charge in [-0.15, -0.1) is 0 Å². The molecule has 0 unspecified atom stereocenters. The molecular formula is C18H21ClN6O2. The Kier molecular flexibility index (Phi) is 5.18. The molecule has 8 nitrogen and oxygen atoms in total. The largest absolute Gasteiger partial charge is 0.332 e. The van der Waals surface area contributed by atoms with E-state index in [1.165, 1.54) is 11.6 Å². The van der Waals surface area contributed by atoms with Crippen LogP contribution in [0.3, 0.4) is 0 Å². The third-order valence-corrected chi connectivity index (χ3v) is 4.40. The zero-order valence-electron chi connectivity index (χ0n) is 15.6. The summed E-state index contributed by atoms with van der Waals surface area (Å²) in [5, 5.41) is 4.86. The lowest BCUT2D eigenvalue weighted by Gasteiger charge is -2.11. The highest BCUT2D eigenvalue weighted by Crippen LogP contribution is 2.17. The van der Waals surface area contributed by atoms with E-state index in [-0.39, 0.29) is 11.5 Å². The molecule has 142 valence electrons. The van der Waals surface area contributed by atoms with Crippen LogP contribution in [-0.2, 0) is 20.6 Å². The van der Waals surface area contributed by atoms with E-state index in [2.05, 4.69) is 15.5 Å². The Morgan fingerprint density at radius 2 is 1.85 bits per heavy atom. The minimum absolute atomic E-state index is 0.269. The van der Waals surface area contributed by atoms with Gasteiger partial charge in [0.05, 0.1) is 6.21 Å². The average molecular weight is 389 g/mol. The predicted octanol–water partition coefficient (Wildman–Crippen LogP) is 2.19. The molecule has 2 aromatic heterocycles. The van der Waals surface area contributed by atoms with Crippen molar-refractivity contribution in [2.75, 3.05) is 5.43 Å². The van der Waals surface area contributed by atoms with Gasteiger partial charge in [-0.05, 0) is 23.6 Å². The maximum absolute atomic E-state index is 12.7. The number of anilines is 1. The molecule has 3 aromatic rings. The molecule has 2 heterocycles. The molecule has 0 saturated heterocycles. The highest BCUT2D eigenvalue weighted by atomic mass is 35.5. The van der Waals surface area contributed by atoms with E-state index >= 15 is 0 Å². The second-order valence-corrected chi connectivity index (χ2v) is 7.18. The van der Waals surface area contributed by atoms with Crippen molar-refractivity contribution in [2.45, 2.75) is 20.4 Å². The third kappa shape index (κ3) is 3.66. The van der Waals surface area contributed by atoms with Gasteiger partial charge in [0.15, 0.2) is 11.2 Å². The van der Waals surface area contributed by atoms with Crippen LogP contribution in [0.5, 0.6) is 0 Å². The fourth-order valence-electron chi connectivity index (χ4n) is 2.79. The number of hydrogen-bond donors (Lipinski definition) is 1. The molecule has 27 heavy (non-hydrogen) atoms. The highest BCUT2D eigenvalue weighted by Gasteiger charge is 2.19. The van der Waals surface area contributed by atoms with Crippen molar-refractivity contribution in [3.8, 4) is 0 Å². The number of nitrogens with one attached hydrogen (secondary N) is 1. The van der Waals surface area contributed by atoms with Crippen LogP contribution < -0.4 is 16.7 Å². The summed E-state index contributed by atoms with van der Waals surface area (Å²) in [6.45, 7) is 4.64. The highest BCUT2D eigenvalue weighted by molar-refractivity contribution is 6.30. The van der Waals surface area contributed by atoms with Crippen molar-refractivity contribution in [1.29, 1.82) is 0 Å². The van der Waals surface area contributed by atoms with Gasteiger partial charge in [-0.25, -0.2) is 10.2 Å². The van der Waals surface area contributed by atoms with Gasteiger partial charge in [-0.2, -0.15) is 10.1 Å². The summed E-state index contributed by atoms with van der Waals surface area (Å²) >= 11 is 5.88. The molecule has 1 N–H and O–H groups in total. The van der Waals surface area contributed by atoms with Crippen molar-refractivity contribution in [1.82, 2.24) is 18.7 Å². The SMILES string of the molecule is CC(C)Cn1c(NN=Cc2ccc(Cl)cc2)nc2c1c(=O)n(C)c(=O)n2C. The molecule has 9 heteroatoms. The average Bonchev–Trinajstić information content (AvgIpc) is 2.98. The van der Waals surface area contributed by atoms with E-state index in [9.17, 15) is 9.59 Å².